The molecule has 2 aliphatic rings. The highest BCUT2D eigenvalue weighted by Crippen LogP contribution is 2.58. The number of nitrogens with zero attached hydrogens (tertiary/aromatic N) is 1. The number of nitriles is 1. The average Bonchev–Trinajstić information content (AvgIpc) is 3.15. The molecule has 0 amide bonds. The lowest BCUT2D eigenvalue weighted by atomic mass is 9.67. The number of hydrogen-bond acceptors (Lipinski definition) is 4. The number of aliphatic hydroxyl groups is 1. The van der Waals surface area contributed by atoms with Gasteiger partial charge in [-0.05, 0) is 12.1 Å². The van der Waals surface area contributed by atoms with Crippen LogP contribution in [0.5, 0.6) is 0 Å². The summed E-state index contributed by atoms with van der Waals surface area (Å²) in [5.74, 6) is -0.388. The zero-order valence-corrected chi connectivity index (χ0v) is 13.6. The molecule has 1 aliphatic carbocycles. The first-order chi connectivity index (χ1) is 12.0. The molecule has 3 N–H and O–H groups in total. The third-order valence-corrected chi connectivity index (χ3v) is 5.84. The number of nitrogens with one attached hydrogen (secondary N) is 2. The van der Waals surface area contributed by atoms with Gasteiger partial charge < -0.3 is 15.4 Å². The van der Waals surface area contributed by atoms with E-state index in [2.05, 4.69) is 16.4 Å². The molecule has 2 aromatic carbocycles. The zero-order valence-electron chi connectivity index (χ0n) is 12.9. The Morgan fingerprint density at radius 3 is 2.68 bits per heavy atom. The Morgan fingerprint density at radius 2 is 1.88 bits per heavy atom. The van der Waals surface area contributed by atoms with Gasteiger partial charge in [0.25, 0.3) is 0 Å². The Bertz CT molecular complexity index is 1120. The van der Waals surface area contributed by atoms with Crippen LogP contribution in [0.4, 0.5) is 5.69 Å². The molecule has 0 saturated carbocycles. The fraction of sp³-hybridized carbons (Fsp3) is 0.158. The Balaban J connectivity index is 1.95. The summed E-state index contributed by atoms with van der Waals surface area (Å²) in [5.41, 5.74) is -0.943. The van der Waals surface area contributed by atoms with Gasteiger partial charge in [-0.1, -0.05) is 36.4 Å². The van der Waals surface area contributed by atoms with Crippen LogP contribution in [-0.2, 0) is 11.1 Å². The number of alkyl halides is 1. The number of ketones is 1. The van der Waals surface area contributed by atoms with Crippen molar-refractivity contribution in [3.63, 3.8) is 0 Å². The second kappa shape index (κ2) is 4.42. The van der Waals surface area contributed by atoms with Gasteiger partial charge in [0.05, 0.1) is 11.3 Å². The van der Waals surface area contributed by atoms with Crippen LogP contribution in [0.3, 0.4) is 0 Å². The summed E-state index contributed by atoms with van der Waals surface area (Å²) in [6.07, 6.45) is 0. The number of fused-ring (bicyclic) bond motifs is 7. The molecule has 5 rings (SSSR count). The summed E-state index contributed by atoms with van der Waals surface area (Å²) in [4.78, 5) is 16.2. The fourth-order valence-electron chi connectivity index (χ4n) is 4.17. The van der Waals surface area contributed by atoms with Gasteiger partial charge in [0.1, 0.15) is 11.4 Å². The molecule has 3 aromatic rings. The van der Waals surface area contributed by atoms with Crippen LogP contribution in [0.2, 0.25) is 0 Å². The molecular weight excluding hydrogens is 338 g/mol. The third kappa shape index (κ3) is 1.42. The van der Waals surface area contributed by atoms with E-state index in [0.717, 1.165) is 5.52 Å². The molecule has 0 spiro atoms. The van der Waals surface area contributed by atoms with Gasteiger partial charge in [0, 0.05) is 22.2 Å². The van der Waals surface area contributed by atoms with E-state index in [4.69, 9.17) is 11.6 Å². The minimum Gasteiger partial charge on any atom is -0.379 e. The highest BCUT2D eigenvalue weighted by atomic mass is 35.5. The molecule has 122 valence electrons. The lowest BCUT2D eigenvalue weighted by Gasteiger charge is -2.42. The minimum atomic E-state index is -1.87. The average molecular weight is 350 g/mol. The Hall–Kier alpha value is -2.81. The maximum Gasteiger partial charge on any atom is 0.201 e. The van der Waals surface area contributed by atoms with Crippen molar-refractivity contribution in [3.8, 4) is 6.07 Å². The summed E-state index contributed by atoms with van der Waals surface area (Å²) in [5, 5.41) is 24.2. The van der Waals surface area contributed by atoms with Crippen LogP contribution in [0, 0.1) is 11.3 Å². The number of hydrogen-bond donors (Lipinski definition) is 3. The monoisotopic (exact) mass is 349 g/mol. The highest BCUT2D eigenvalue weighted by molar-refractivity contribution is 6.37. The first-order valence-corrected chi connectivity index (χ1v) is 8.29. The molecule has 25 heavy (non-hydrogen) atoms. The second-order valence-corrected chi connectivity index (χ2v) is 6.88. The van der Waals surface area contributed by atoms with E-state index >= 15 is 0 Å². The van der Waals surface area contributed by atoms with Crippen LogP contribution < -0.4 is 5.32 Å². The molecule has 0 radical (unpaired) electrons. The predicted molar refractivity (Wildman–Crippen MR) is 93.5 cm³/mol. The zero-order chi connectivity index (χ0) is 17.4. The Kier molecular flexibility index (Phi) is 2.57. The smallest absolute Gasteiger partial charge is 0.201 e. The van der Waals surface area contributed by atoms with Gasteiger partial charge in [0.15, 0.2) is 11.4 Å². The number of Topliss-reactive ketones (excluding diaryl/α,β-unsaturated/α-hetero) is 1. The van der Waals surface area contributed by atoms with E-state index < -0.39 is 16.5 Å². The van der Waals surface area contributed by atoms with E-state index in [1.54, 1.807) is 24.3 Å². The number of halogens is 1. The van der Waals surface area contributed by atoms with E-state index in [1.807, 2.05) is 24.3 Å². The first-order valence-electron chi connectivity index (χ1n) is 7.85. The maximum atomic E-state index is 13.1. The van der Waals surface area contributed by atoms with Gasteiger partial charge in [0.2, 0.25) is 5.54 Å². The topological polar surface area (TPSA) is 88.9 Å². The lowest BCUT2D eigenvalue weighted by Crippen LogP contribution is -2.60. The first kappa shape index (κ1) is 14.5. The number of H-pyrrole nitrogens is 1. The molecule has 0 unspecified atom stereocenters. The van der Waals surface area contributed by atoms with E-state index in [0.29, 0.717) is 27.9 Å². The molecule has 0 saturated heterocycles. The van der Waals surface area contributed by atoms with Crippen molar-refractivity contribution in [1.29, 1.82) is 5.26 Å². The Labute approximate surface area is 147 Å². The number of para-hydroxylation sites is 2. The van der Waals surface area contributed by atoms with Gasteiger partial charge in [-0.25, -0.2) is 0 Å². The Morgan fingerprint density at radius 1 is 1.16 bits per heavy atom. The number of aromatic nitrogens is 1. The summed E-state index contributed by atoms with van der Waals surface area (Å²) in [6, 6.07) is 16.5. The largest absolute Gasteiger partial charge is 0.379 e. The van der Waals surface area contributed by atoms with Crippen LogP contribution >= 0.6 is 11.6 Å². The molecule has 2 heterocycles. The molecule has 1 aromatic heterocycles. The minimum absolute atomic E-state index is 0.358. The number of aromatic amines is 1. The summed E-state index contributed by atoms with van der Waals surface area (Å²) in [6.45, 7) is 0. The number of anilines is 1. The third-order valence-electron chi connectivity index (χ3n) is 5.32. The fourth-order valence-corrected chi connectivity index (χ4v) is 4.56. The maximum absolute atomic E-state index is 13.1. The summed E-state index contributed by atoms with van der Waals surface area (Å²) >= 11 is 6.49. The molecule has 0 fully saturated rings. The second-order valence-electron chi connectivity index (χ2n) is 6.45. The molecule has 3 atom stereocenters. The van der Waals surface area contributed by atoms with Crippen LogP contribution in [0.25, 0.3) is 10.9 Å². The molecule has 5 nitrogen and oxygen atoms in total. The number of carbonyl (C=O) groups is 1. The van der Waals surface area contributed by atoms with Crippen molar-refractivity contribution < 1.29 is 9.90 Å². The van der Waals surface area contributed by atoms with Crippen molar-refractivity contribution in [2.24, 2.45) is 0 Å². The quantitative estimate of drug-likeness (QED) is 0.544. The van der Waals surface area contributed by atoms with Crippen molar-refractivity contribution in [1.82, 2.24) is 4.98 Å². The van der Waals surface area contributed by atoms with E-state index in [-0.39, 0.29) is 5.78 Å². The highest BCUT2D eigenvalue weighted by Gasteiger charge is 2.69. The van der Waals surface area contributed by atoms with Crippen LogP contribution in [0.15, 0.2) is 48.5 Å². The van der Waals surface area contributed by atoms with Crippen molar-refractivity contribution in [2.45, 2.75) is 16.5 Å². The summed E-state index contributed by atoms with van der Waals surface area (Å²) in [7, 11) is 0. The van der Waals surface area contributed by atoms with Crippen LogP contribution in [-0.4, -0.2) is 21.3 Å². The number of rotatable bonds is 0. The molecule has 6 heteroatoms. The van der Waals surface area contributed by atoms with Crippen molar-refractivity contribution >= 4 is 34.0 Å². The predicted octanol–water partition coefficient (Wildman–Crippen LogP) is 3.00. The molecule has 0 bridgehead atoms. The van der Waals surface area contributed by atoms with Gasteiger partial charge in [-0.2, -0.15) is 5.26 Å². The standard InChI is InChI=1S/C19H12ClN3O2/c20-16-15(24)14-10-5-1-3-7-12(10)22-17(14)18(9-21)19(16,25)11-6-2-4-8-13(11)23-18/h1-8,16,22-23,25H/t16-,18-,19-/m1/s1. The lowest BCUT2D eigenvalue weighted by molar-refractivity contribution is -0.00869. The van der Waals surface area contributed by atoms with Gasteiger partial charge in [-0.3, -0.25) is 4.79 Å². The molecular formula is C19H12ClN3O2. The normalized spacial score (nSPS) is 29.5. The van der Waals surface area contributed by atoms with E-state index in [1.165, 1.54) is 0 Å². The van der Waals surface area contributed by atoms with Crippen LogP contribution in [0.1, 0.15) is 21.6 Å². The van der Waals surface area contributed by atoms with Gasteiger partial charge >= 0.3 is 0 Å². The van der Waals surface area contributed by atoms with E-state index in [9.17, 15) is 15.2 Å². The van der Waals surface area contributed by atoms with Gasteiger partial charge in [-0.15, -0.1) is 11.6 Å². The SMILES string of the molecule is N#C[C@]12Nc3ccccc3[C@@]1(O)[C@H](Cl)C(=O)c1c2[nH]c2ccccc12. The molecule has 1 aliphatic heterocycles. The van der Waals surface area contributed by atoms with Crippen molar-refractivity contribution in [3.05, 3.63) is 65.4 Å². The van der Waals surface area contributed by atoms with Crippen molar-refractivity contribution in [2.75, 3.05) is 5.32 Å². The number of carbonyl (C=O) groups excluding carboxylic acids is 1. The summed E-state index contributed by atoms with van der Waals surface area (Å²) < 4.78 is 0. The number of benzene rings is 2.